The lowest BCUT2D eigenvalue weighted by atomic mass is 10.2. The van der Waals surface area contributed by atoms with Crippen molar-refractivity contribution in [3.05, 3.63) is 51.2 Å². The van der Waals surface area contributed by atoms with Crippen molar-refractivity contribution in [1.29, 1.82) is 0 Å². The monoisotopic (exact) mass is 238 g/mol. The Morgan fingerprint density at radius 3 is 2.80 bits per heavy atom. The average Bonchev–Trinajstić information content (AvgIpc) is 2.62. The number of rotatable bonds is 3. The van der Waals surface area contributed by atoms with Crippen LogP contribution in [0.25, 0.3) is 0 Å². The molecule has 0 radical (unpaired) electrons. The van der Waals surface area contributed by atoms with E-state index in [0.717, 1.165) is 15.0 Å². The summed E-state index contributed by atoms with van der Waals surface area (Å²) in [5.74, 6) is 0.902. The molecule has 0 saturated carbocycles. The molecule has 0 aliphatic carbocycles. The summed E-state index contributed by atoms with van der Waals surface area (Å²) in [7, 11) is 0. The second-order valence-electron chi connectivity index (χ2n) is 3.31. The highest BCUT2D eigenvalue weighted by molar-refractivity contribution is 7.16. The minimum Gasteiger partial charge on any atom is -0.488 e. The quantitative estimate of drug-likeness (QED) is 0.775. The van der Waals surface area contributed by atoms with E-state index in [0.29, 0.717) is 6.61 Å². The third kappa shape index (κ3) is 2.98. The van der Waals surface area contributed by atoms with Crippen molar-refractivity contribution in [3.8, 4) is 5.75 Å². The highest BCUT2D eigenvalue weighted by Crippen LogP contribution is 2.23. The molecule has 1 nitrogen and oxygen atoms in total. The van der Waals surface area contributed by atoms with Gasteiger partial charge in [-0.05, 0) is 36.8 Å². The normalized spacial score (nSPS) is 10.3. The van der Waals surface area contributed by atoms with Gasteiger partial charge < -0.3 is 4.74 Å². The van der Waals surface area contributed by atoms with E-state index >= 15 is 0 Å². The number of ether oxygens (including phenoxy) is 1. The zero-order valence-electron chi connectivity index (χ0n) is 8.37. The summed E-state index contributed by atoms with van der Waals surface area (Å²) in [6, 6.07) is 11.9. The van der Waals surface area contributed by atoms with Crippen LogP contribution < -0.4 is 4.74 Å². The smallest absolute Gasteiger partial charge is 0.122 e. The summed E-state index contributed by atoms with van der Waals surface area (Å²) in [6.07, 6.45) is 0. The van der Waals surface area contributed by atoms with Crippen LogP contribution in [0.15, 0.2) is 36.4 Å². The summed E-state index contributed by atoms with van der Waals surface area (Å²) < 4.78 is 6.44. The Labute approximate surface area is 98.3 Å². The van der Waals surface area contributed by atoms with Crippen molar-refractivity contribution in [2.24, 2.45) is 0 Å². The van der Waals surface area contributed by atoms with Crippen LogP contribution in [-0.4, -0.2) is 0 Å². The van der Waals surface area contributed by atoms with Crippen LogP contribution in [0.2, 0.25) is 4.34 Å². The zero-order chi connectivity index (χ0) is 10.7. The van der Waals surface area contributed by atoms with Crippen molar-refractivity contribution in [3.63, 3.8) is 0 Å². The van der Waals surface area contributed by atoms with Crippen LogP contribution in [0.4, 0.5) is 0 Å². The lowest BCUT2D eigenvalue weighted by Crippen LogP contribution is -1.92. The molecular formula is C12H11ClOS. The molecule has 0 bridgehead atoms. The molecule has 0 amide bonds. The second-order valence-corrected chi connectivity index (χ2v) is 5.11. The molecule has 0 fully saturated rings. The molecule has 1 heterocycles. The molecule has 0 aliphatic heterocycles. The van der Waals surface area contributed by atoms with Crippen LogP contribution in [-0.2, 0) is 6.61 Å². The summed E-state index contributed by atoms with van der Waals surface area (Å²) in [5.41, 5.74) is 1.21. The van der Waals surface area contributed by atoms with E-state index in [2.05, 4.69) is 13.0 Å². The van der Waals surface area contributed by atoms with Crippen LogP contribution in [0, 0.1) is 6.92 Å². The first-order valence-corrected chi connectivity index (χ1v) is 5.87. The molecule has 1 aromatic heterocycles. The Balaban J connectivity index is 1.99. The number of benzene rings is 1. The van der Waals surface area contributed by atoms with Crippen LogP contribution in [0.3, 0.4) is 0 Å². The Morgan fingerprint density at radius 1 is 1.27 bits per heavy atom. The molecule has 0 atom stereocenters. The maximum absolute atomic E-state index is 5.83. The standard InChI is InChI=1S/C12H11ClOS/c1-9-3-2-4-10(7-9)14-8-11-5-6-12(13)15-11/h2-7H,8H2,1H3. The van der Waals surface area contributed by atoms with Crippen molar-refractivity contribution in [2.45, 2.75) is 13.5 Å². The molecule has 3 heteroatoms. The molecule has 1 aromatic carbocycles. The summed E-state index contributed by atoms with van der Waals surface area (Å²) in [5, 5.41) is 0. The minimum atomic E-state index is 0.584. The maximum Gasteiger partial charge on any atom is 0.122 e. The fourth-order valence-electron chi connectivity index (χ4n) is 1.29. The van der Waals surface area contributed by atoms with E-state index in [1.807, 2.05) is 30.3 Å². The Bertz CT molecular complexity index is 450. The first kappa shape index (κ1) is 10.5. The van der Waals surface area contributed by atoms with Crippen LogP contribution in [0.1, 0.15) is 10.4 Å². The van der Waals surface area contributed by atoms with E-state index in [4.69, 9.17) is 16.3 Å². The van der Waals surface area contributed by atoms with Gasteiger partial charge in [-0.2, -0.15) is 0 Å². The van der Waals surface area contributed by atoms with Crippen molar-refractivity contribution < 1.29 is 4.74 Å². The van der Waals surface area contributed by atoms with Gasteiger partial charge in [0.25, 0.3) is 0 Å². The topological polar surface area (TPSA) is 9.23 Å². The largest absolute Gasteiger partial charge is 0.488 e. The lowest BCUT2D eigenvalue weighted by molar-refractivity contribution is 0.309. The summed E-state index contributed by atoms with van der Waals surface area (Å²) >= 11 is 7.38. The molecule has 78 valence electrons. The van der Waals surface area contributed by atoms with Crippen LogP contribution >= 0.6 is 22.9 Å². The van der Waals surface area contributed by atoms with E-state index in [9.17, 15) is 0 Å². The van der Waals surface area contributed by atoms with Crippen molar-refractivity contribution in [1.82, 2.24) is 0 Å². The first-order chi connectivity index (χ1) is 7.24. The maximum atomic E-state index is 5.83. The van der Waals surface area contributed by atoms with Gasteiger partial charge in [0.1, 0.15) is 12.4 Å². The number of thiophene rings is 1. The highest BCUT2D eigenvalue weighted by atomic mass is 35.5. The van der Waals surface area contributed by atoms with Gasteiger partial charge >= 0.3 is 0 Å². The van der Waals surface area contributed by atoms with Gasteiger partial charge in [-0.15, -0.1) is 11.3 Å². The third-order valence-electron chi connectivity index (χ3n) is 2.00. The Hall–Kier alpha value is -0.990. The lowest BCUT2D eigenvalue weighted by Gasteiger charge is -2.04. The number of hydrogen-bond acceptors (Lipinski definition) is 2. The Kier molecular flexibility index (Phi) is 3.29. The van der Waals surface area contributed by atoms with Gasteiger partial charge in [-0.3, -0.25) is 0 Å². The molecule has 2 aromatic rings. The van der Waals surface area contributed by atoms with Crippen molar-refractivity contribution >= 4 is 22.9 Å². The van der Waals surface area contributed by atoms with Crippen LogP contribution in [0.5, 0.6) is 5.75 Å². The third-order valence-corrected chi connectivity index (χ3v) is 3.20. The zero-order valence-corrected chi connectivity index (χ0v) is 9.94. The van der Waals surface area contributed by atoms with Gasteiger partial charge in [0.2, 0.25) is 0 Å². The fraction of sp³-hybridized carbons (Fsp3) is 0.167. The minimum absolute atomic E-state index is 0.584. The molecule has 0 spiro atoms. The second kappa shape index (κ2) is 4.69. The highest BCUT2D eigenvalue weighted by Gasteiger charge is 1.99. The number of halogens is 1. The number of aryl methyl sites for hydroxylation is 1. The molecular weight excluding hydrogens is 228 g/mol. The predicted octanol–water partition coefficient (Wildman–Crippen LogP) is 4.29. The van der Waals surface area contributed by atoms with E-state index < -0.39 is 0 Å². The van der Waals surface area contributed by atoms with Gasteiger partial charge in [0.05, 0.1) is 4.34 Å². The van der Waals surface area contributed by atoms with E-state index in [-0.39, 0.29) is 0 Å². The summed E-state index contributed by atoms with van der Waals surface area (Å²) in [6.45, 7) is 2.63. The Morgan fingerprint density at radius 2 is 2.13 bits per heavy atom. The SMILES string of the molecule is Cc1cccc(OCc2ccc(Cl)s2)c1. The van der Waals surface area contributed by atoms with Crippen molar-refractivity contribution in [2.75, 3.05) is 0 Å². The number of hydrogen-bond donors (Lipinski definition) is 0. The molecule has 0 N–H and O–H groups in total. The predicted molar refractivity (Wildman–Crippen MR) is 64.8 cm³/mol. The van der Waals surface area contributed by atoms with E-state index in [1.165, 1.54) is 5.56 Å². The van der Waals surface area contributed by atoms with Gasteiger partial charge in [0.15, 0.2) is 0 Å². The van der Waals surface area contributed by atoms with Gasteiger partial charge in [-0.1, -0.05) is 23.7 Å². The molecule has 2 rings (SSSR count). The fourth-order valence-corrected chi connectivity index (χ4v) is 2.29. The molecule has 0 aliphatic rings. The first-order valence-electron chi connectivity index (χ1n) is 4.68. The molecule has 0 saturated heterocycles. The molecule has 15 heavy (non-hydrogen) atoms. The van der Waals surface area contributed by atoms with Gasteiger partial charge in [0, 0.05) is 4.88 Å². The molecule has 0 unspecified atom stereocenters. The van der Waals surface area contributed by atoms with Gasteiger partial charge in [-0.25, -0.2) is 0 Å². The average molecular weight is 239 g/mol. The van der Waals surface area contributed by atoms with E-state index in [1.54, 1.807) is 11.3 Å². The summed E-state index contributed by atoms with van der Waals surface area (Å²) in [4.78, 5) is 1.14.